The SMILES string of the molecule is Fc1ccc(Oc2cc(N3CCN(Cc4ccc5c(c4)OCO5)CC3)ncn2)cc1F. The highest BCUT2D eigenvalue weighted by atomic mass is 19.2. The van der Waals surface area contributed by atoms with Gasteiger partial charge in [0.15, 0.2) is 23.1 Å². The minimum absolute atomic E-state index is 0.178. The van der Waals surface area contributed by atoms with Crippen molar-refractivity contribution >= 4 is 5.82 Å². The Hall–Kier alpha value is -3.46. The molecular weight excluding hydrogens is 406 g/mol. The summed E-state index contributed by atoms with van der Waals surface area (Å²) in [6.45, 7) is 4.45. The van der Waals surface area contributed by atoms with E-state index in [1.54, 1.807) is 6.07 Å². The largest absolute Gasteiger partial charge is 0.454 e. The quantitative estimate of drug-likeness (QED) is 0.618. The van der Waals surface area contributed by atoms with Crippen molar-refractivity contribution in [2.75, 3.05) is 37.9 Å². The first kappa shape index (κ1) is 19.5. The smallest absolute Gasteiger partial charge is 0.231 e. The van der Waals surface area contributed by atoms with Gasteiger partial charge in [0.2, 0.25) is 12.7 Å². The molecule has 7 nitrogen and oxygen atoms in total. The molecule has 0 amide bonds. The van der Waals surface area contributed by atoms with E-state index in [4.69, 9.17) is 14.2 Å². The van der Waals surface area contributed by atoms with Crippen LogP contribution in [0.25, 0.3) is 0 Å². The number of hydrogen-bond donors (Lipinski definition) is 0. The maximum atomic E-state index is 13.4. The van der Waals surface area contributed by atoms with Gasteiger partial charge in [0, 0.05) is 44.9 Å². The molecule has 0 unspecified atom stereocenters. The lowest BCUT2D eigenvalue weighted by Gasteiger charge is -2.35. The first-order valence-electron chi connectivity index (χ1n) is 9.95. The maximum Gasteiger partial charge on any atom is 0.231 e. The monoisotopic (exact) mass is 426 g/mol. The van der Waals surface area contributed by atoms with E-state index in [2.05, 4.69) is 25.8 Å². The van der Waals surface area contributed by atoms with E-state index in [1.807, 2.05) is 12.1 Å². The molecule has 1 aromatic heterocycles. The average Bonchev–Trinajstić information content (AvgIpc) is 3.25. The fourth-order valence-electron chi connectivity index (χ4n) is 3.65. The van der Waals surface area contributed by atoms with Crippen LogP contribution in [0.5, 0.6) is 23.1 Å². The van der Waals surface area contributed by atoms with E-state index >= 15 is 0 Å². The van der Waals surface area contributed by atoms with Gasteiger partial charge in [0.25, 0.3) is 0 Å². The molecule has 0 spiro atoms. The second-order valence-electron chi connectivity index (χ2n) is 7.34. The molecule has 1 fully saturated rings. The molecule has 2 aromatic carbocycles. The first-order chi connectivity index (χ1) is 15.1. The van der Waals surface area contributed by atoms with Crippen LogP contribution in [0.15, 0.2) is 48.8 Å². The number of halogens is 2. The zero-order chi connectivity index (χ0) is 21.2. The van der Waals surface area contributed by atoms with Crippen molar-refractivity contribution in [3.8, 4) is 23.1 Å². The highest BCUT2D eigenvalue weighted by Gasteiger charge is 2.20. The van der Waals surface area contributed by atoms with E-state index in [0.717, 1.165) is 62.2 Å². The number of fused-ring (bicyclic) bond motifs is 1. The van der Waals surface area contributed by atoms with Crippen LogP contribution in [0.4, 0.5) is 14.6 Å². The molecule has 31 heavy (non-hydrogen) atoms. The number of benzene rings is 2. The summed E-state index contributed by atoms with van der Waals surface area (Å²) >= 11 is 0. The van der Waals surface area contributed by atoms with Crippen LogP contribution in [-0.4, -0.2) is 47.8 Å². The third-order valence-corrected chi connectivity index (χ3v) is 5.28. The topological polar surface area (TPSA) is 60.0 Å². The number of rotatable bonds is 5. The van der Waals surface area contributed by atoms with Gasteiger partial charge < -0.3 is 19.1 Å². The van der Waals surface area contributed by atoms with Gasteiger partial charge >= 0.3 is 0 Å². The molecule has 160 valence electrons. The predicted octanol–water partition coefficient (Wildman–Crippen LogP) is 3.60. The van der Waals surface area contributed by atoms with Crippen molar-refractivity contribution in [3.63, 3.8) is 0 Å². The maximum absolute atomic E-state index is 13.4. The second kappa shape index (κ2) is 8.35. The summed E-state index contributed by atoms with van der Waals surface area (Å²) in [4.78, 5) is 12.9. The molecule has 0 aliphatic carbocycles. The molecule has 0 atom stereocenters. The van der Waals surface area contributed by atoms with Crippen molar-refractivity contribution in [2.24, 2.45) is 0 Å². The van der Waals surface area contributed by atoms with Gasteiger partial charge in [-0.2, -0.15) is 0 Å². The van der Waals surface area contributed by atoms with Gasteiger partial charge in [0.1, 0.15) is 17.9 Å². The van der Waals surface area contributed by atoms with Crippen LogP contribution in [-0.2, 0) is 6.54 Å². The highest BCUT2D eigenvalue weighted by Crippen LogP contribution is 2.33. The number of ether oxygens (including phenoxy) is 3. The Bertz CT molecular complexity index is 1090. The number of aromatic nitrogens is 2. The molecule has 0 N–H and O–H groups in total. The molecule has 3 aromatic rings. The zero-order valence-electron chi connectivity index (χ0n) is 16.6. The normalized spacial score (nSPS) is 15.9. The number of hydrogen-bond acceptors (Lipinski definition) is 7. The summed E-state index contributed by atoms with van der Waals surface area (Å²) in [5.74, 6) is 0.885. The van der Waals surface area contributed by atoms with E-state index < -0.39 is 11.6 Å². The lowest BCUT2D eigenvalue weighted by atomic mass is 10.1. The second-order valence-corrected chi connectivity index (χ2v) is 7.34. The molecule has 1 saturated heterocycles. The van der Waals surface area contributed by atoms with Crippen LogP contribution in [0.2, 0.25) is 0 Å². The molecule has 0 bridgehead atoms. The minimum atomic E-state index is -0.967. The molecular formula is C22H20F2N4O3. The van der Waals surface area contributed by atoms with Gasteiger partial charge in [-0.15, -0.1) is 0 Å². The molecule has 0 radical (unpaired) electrons. The summed E-state index contributed by atoms with van der Waals surface area (Å²) in [5.41, 5.74) is 1.18. The molecule has 9 heteroatoms. The van der Waals surface area contributed by atoms with Crippen molar-refractivity contribution in [2.45, 2.75) is 6.54 Å². The standard InChI is InChI=1S/C22H20F2N4O3/c23-17-3-2-16(10-18(17)24)31-22-11-21(25-13-26-22)28-7-5-27(6-8-28)12-15-1-4-19-20(9-15)30-14-29-19/h1-4,9-11,13H,5-8,12,14H2. The fourth-order valence-corrected chi connectivity index (χ4v) is 3.65. The van der Waals surface area contributed by atoms with Gasteiger partial charge in [-0.05, 0) is 29.8 Å². The number of nitrogens with zero attached hydrogens (tertiary/aromatic N) is 4. The van der Waals surface area contributed by atoms with E-state index in [-0.39, 0.29) is 18.4 Å². The lowest BCUT2D eigenvalue weighted by molar-refractivity contribution is 0.174. The van der Waals surface area contributed by atoms with Crippen LogP contribution in [0, 0.1) is 11.6 Å². The molecule has 5 rings (SSSR count). The van der Waals surface area contributed by atoms with E-state index in [0.29, 0.717) is 0 Å². The van der Waals surface area contributed by atoms with Crippen molar-refractivity contribution in [1.29, 1.82) is 0 Å². The minimum Gasteiger partial charge on any atom is -0.454 e. The Morgan fingerprint density at radius 3 is 2.55 bits per heavy atom. The van der Waals surface area contributed by atoms with Crippen LogP contribution in [0.1, 0.15) is 5.56 Å². The summed E-state index contributed by atoms with van der Waals surface area (Å²) in [7, 11) is 0. The Morgan fingerprint density at radius 2 is 1.71 bits per heavy atom. The molecule has 2 aliphatic heterocycles. The Labute approximate surface area is 177 Å². The summed E-state index contributed by atoms with van der Waals surface area (Å²) in [6, 6.07) is 11.1. The van der Waals surface area contributed by atoms with Gasteiger partial charge in [-0.3, -0.25) is 4.90 Å². The van der Waals surface area contributed by atoms with Gasteiger partial charge in [-0.1, -0.05) is 6.07 Å². The average molecular weight is 426 g/mol. The molecule has 3 heterocycles. The number of piperazine rings is 1. The Balaban J connectivity index is 1.19. The highest BCUT2D eigenvalue weighted by molar-refractivity contribution is 5.45. The van der Waals surface area contributed by atoms with E-state index in [1.165, 1.54) is 18.0 Å². The Kier molecular flexibility index (Phi) is 5.25. The van der Waals surface area contributed by atoms with E-state index in [9.17, 15) is 8.78 Å². The zero-order valence-corrected chi connectivity index (χ0v) is 16.6. The summed E-state index contributed by atoms with van der Waals surface area (Å²) in [6.07, 6.45) is 1.41. The van der Waals surface area contributed by atoms with Crippen LogP contribution < -0.4 is 19.1 Å². The predicted molar refractivity (Wildman–Crippen MR) is 109 cm³/mol. The third kappa shape index (κ3) is 4.36. The van der Waals surface area contributed by atoms with Crippen molar-refractivity contribution in [1.82, 2.24) is 14.9 Å². The molecule has 0 saturated carbocycles. The van der Waals surface area contributed by atoms with Crippen LogP contribution in [0.3, 0.4) is 0 Å². The Morgan fingerprint density at radius 1 is 0.871 bits per heavy atom. The van der Waals surface area contributed by atoms with Crippen molar-refractivity contribution in [3.05, 3.63) is 66.0 Å². The summed E-state index contributed by atoms with van der Waals surface area (Å²) < 4.78 is 42.9. The van der Waals surface area contributed by atoms with Crippen LogP contribution >= 0.6 is 0 Å². The number of anilines is 1. The third-order valence-electron chi connectivity index (χ3n) is 5.28. The first-order valence-corrected chi connectivity index (χ1v) is 9.95. The lowest BCUT2D eigenvalue weighted by Crippen LogP contribution is -2.46. The van der Waals surface area contributed by atoms with Crippen molar-refractivity contribution < 1.29 is 23.0 Å². The fraction of sp³-hybridized carbons (Fsp3) is 0.273. The summed E-state index contributed by atoms with van der Waals surface area (Å²) in [5, 5.41) is 0. The molecule has 2 aliphatic rings. The van der Waals surface area contributed by atoms with Gasteiger partial charge in [0.05, 0.1) is 0 Å². The van der Waals surface area contributed by atoms with Gasteiger partial charge in [-0.25, -0.2) is 18.7 Å².